The van der Waals surface area contributed by atoms with Crippen molar-refractivity contribution >= 4 is 11.4 Å². The van der Waals surface area contributed by atoms with Gasteiger partial charge in [0.15, 0.2) is 0 Å². The van der Waals surface area contributed by atoms with Crippen LogP contribution in [-0.2, 0) is 0 Å². The number of nitrogen functional groups attached to an aromatic ring is 1. The first-order chi connectivity index (χ1) is 8.22. The molecule has 2 N–H and O–H groups in total. The van der Waals surface area contributed by atoms with Crippen LogP contribution in [0.4, 0.5) is 11.4 Å². The van der Waals surface area contributed by atoms with E-state index in [4.69, 9.17) is 10.5 Å². The van der Waals surface area contributed by atoms with Gasteiger partial charge in [-0.1, -0.05) is 6.92 Å². The SMILES string of the molecule is CCN1CCN(c2cc(N)cc(OC)c2)CC1. The minimum atomic E-state index is 0.761. The molecule has 4 heteroatoms. The number of anilines is 2. The van der Waals surface area contributed by atoms with Gasteiger partial charge in [0.1, 0.15) is 5.75 Å². The van der Waals surface area contributed by atoms with Gasteiger partial charge in [0.25, 0.3) is 0 Å². The summed E-state index contributed by atoms with van der Waals surface area (Å²) >= 11 is 0. The van der Waals surface area contributed by atoms with Crippen molar-refractivity contribution in [2.24, 2.45) is 0 Å². The number of likely N-dealkylation sites (N-methyl/N-ethyl adjacent to an activating group) is 1. The summed E-state index contributed by atoms with van der Waals surface area (Å²) in [6.45, 7) is 7.69. The minimum Gasteiger partial charge on any atom is -0.497 e. The maximum atomic E-state index is 5.88. The molecule has 0 unspecified atom stereocenters. The summed E-state index contributed by atoms with van der Waals surface area (Å²) in [7, 11) is 1.67. The topological polar surface area (TPSA) is 41.7 Å². The van der Waals surface area contributed by atoms with Crippen molar-refractivity contribution in [3.8, 4) is 5.75 Å². The van der Waals surface area contributed by atoms with Gasteiger partial charge in [0.05, 0.1) is 7.11 Å². The van der Waals surface area contributed by atoms with Gasteiger partial charge >= 0.3 is 0 Å². The van der Waals surface area contributed by atoms with Gasteiger partial charge in [-0.25, -0.2) is 0 Å². The van der Waals surface area contributed by atoms with E-state index in [-0.39, 0.29) is 0 Å². The van der Waals surface area contributed by atoms with Crippen molar-refractivity contribution in [1.29, 1.82) is 0 Å². The lowest BCUT2D eigenvalue weighted by Crippen LogP contribution is -2.46. The van der Waals surface area contributed by atoms with Gasteiger partial charge in [-0.3, -0.25) is 0 Å². The molecule has 1 heterocycles. The summed E-state index contributed by atoms with van der Waals surface area (Å²) in [6, 6.07) is 5.92. The van der Waals surface area contributed by atoms with Crippen molar-refractivity contribution in [1.82, 2.24) is 4.90 Å². The largest absolute Gasteiger partial charge is 0.497 e. The minimum absolute atomic E-state index is 0.761. The zero-order chi connectivity index (χ0) is 12.3. The zero-order valence-corrected chi connectivity index (χ0v) is 10.6. The van der Waals surface area contributed by atoms with E-state index < -0.39 is 0 Å². The number of hydrogen-bond acceptors (Lipinski definition) is 4. The van der Waals surface area contributed by atoms with Gasteiger partial charge in [0.2, 0.25) is 0 Å². The molecular weight excluding hydrogens is 214 g/mol. The van der Waals surface area contributed by atoms with Crippen molar-refractivity contribution in [3.63, 3.8) is 0 Å². The average molecular weight is 235 g/mol. The first-order valence-electron chi connectivity index (χ1n) is 6.14. The lowest BCUT2D eigenvalue weighted by molar-refractivity contribution is 0.271. The third-order valence-electron chi connectivity index (χ3n) is 3.33. The lowest BCUT2D eigenvalue weighted by atomic mass is 10.2. The summed E-state index contributed by atoms with van der Waals surface area (Å²) in [5.41, 5.74) is 7.80. The smallest absolute Gasteiger partial charge is 0.122 e. The number of nitrogens with zero attached hydrogens (tertiary/aromatic N) is 2. The maximum absolute atomic E-state index is 5.88. The molecule has 0 bridgehead atoms. The normalized spacial score (nSPS) is 17.2. The molecule has 0 amide bonds. The van der Waals surface area contributed by atoms with Crippen LogP contribution >= 0.6 is 0 Å². The molecule has 1 aromatic rings. The second-order valence-electron chi connectivity index (χ2n) is 4.39. The number of nitrogens with two attached hydrogens (primary N) is 1. The molecule has 1 aliphatic heterocycles. The van der Waals surface area contributed by atoms with E-state index >= 15 is 0 Å². The molecule has 0 aliphatic carbocycles. The fraction of sp³-hybridized carbons (Fsp3) is 0.538. The van der Waals surface area contributed by atoms with E-state index in [9.17, 15) is 0 Å². The highest BCUT2D eigenvalue weighted by atomic mass is 16.5. The summed E-state index contributed by atoms with van der Waals surface area (Å²) in [5.74, 6) is 0.831. The molecule has 0 saturated carbocycles. The van der Waals surface area contributed by atoms with Gasteiger partial charge in [-0.05, 0) is 12.6 Å². The standard InChI is InChI=1S/C13H21N3O/c1-3-15-4-6-16(7-5-15)12-8-11(14)9-13(10-12)17-2/h8-10H,3-7,14H2,1-2H3. The molecule has 0 radical (unpaired) electrons. The molecular formula is C13H21N3O. The lowest BCUT2D eigenvalue weighted by Gasteiger charge is -2.35. The maximum Gasteiger partial charge on any atom is 0.122 e. The van der Waals surface area contributed by atoms with Crippen LogP contribution in [0.1, 0.15) is 6.92 Å². The van der Waals surface area contributed by atoms with Gasteiger partial charge in [-0.2, -0.15) is 0 Å². The van der Waals surface area contributed by atoms with Gasteiger partial charge in [0, 0.05) is 49.7 Å². The zero-order valence-electron chi connectivity index (χ0n) is 10.6. The fourth-order valence-electron chi connectivity index (χ4n) is 2.23. The van der Waals surface area contributed by atoms with E-state index in [0.29, 0.717) is 0 Å². The summed E-state index contributed by atoms with van der Waals surface area (Å²) in [5, 5.41) is 0. The monoisotopic (exact) mass is 235 g/mol. The Labute approximate surface area is 103 Å². The number of methoxy groups -OCH3 is 1. The number of piperazine rings is 1. The first-order valence-corrected chi connectivity index (χ1v) is 6.14. The Morgan fingerprint density at radius 3 is 2.47 bits per heavy atom. The molecule has 0 atom stereocenters. The van der Waals surface area contributed by atoms with Crippen molar-refractivity contribution in [3.05, 3.63) is 18.2 Å². The Morgan fingerprint density at radius 1 is 1.18 bits per heavy atom. The van der Waals surface area contributed by atoms with Gasteiger partial charge < -0.3 is 20.3 Å². The Balaban J connectivity index is 2.10. The number of benzene rings is 1. The van der Waals surface area contributed by atoms with E-state index in [1.807, 2.05) is 12.1 Å². The Hall–Kier alpha value is -1.42. The third kappa shape index (κ3) is 2.82. The van der Waals surface area contributed by atoms with Crippen molar-refractivity contribution in [2.45, 2.75) is 6.92 Å². The second-order valence-corrected chi connectivity index (χ2v) is 4.39. The van der Waals surface area contributed by atoms with Crippen molar-refractivity contribution in [2.75, 3.05) is 50.5 Å². The quantitative estimate of drug-likeness (QED) is 0.805. The predicted molar refractivity (Wildman–Crippen MR) is 71.7 cm³/mol. The first kappa shape index (κ1) is 12.0. The van der Waals surface area contributed by atoms with Crippen LogP contribution in [0.25, 0.3) is 0 Å². The Bertz CT molecular complexity index is 373. The van der Waals surface area contributed by atoms with E-state index in [1.165, 1.54) is 0 Å². The number of hydrogen-bond donors (Lipinski definition) is 1. The van der Waals surface area contributed by atoms with E-state index in [1.54, 1.807) is 7.11 Å². The van der Waals surface area contributed by atoms with E-state index in [0.717, 1.165) is 49.8 Å². The molecule has 0 aromatic heterocycles. The molecule has 4 nitrogen and oxygen atoms in total. The molecule has 0 spiro atoms. The van der Waals surface area contributed by atoms with E-state index in [2.05, 4.69) is 22.8 Å². The summed E-state index contributed by atoms with van der Waals surface area (Å²) in [4.78, 5) is 4.82. The fourth-order valence-corrected chi connectivity index (χ4v) is 2.23. The second kappa shape index (κ2) is 5.27. The van der Waals surface area contributed by atoms with Crippen LogP contribution in [0.5, 0.6) is 5.75 Å². The Kier molecular flexibility index (Phi) is 3.74. The predicted octanol–water partition coefficient (Wildman–Crippen LogP) is 1.42. The third-order valence-corrected chi connectivity index (χ3v) is 3.33. The number of rotatable bonds is 3. The van der Waals surface area contributed by atoms with Crippen LogP contribution in [-0.4, -0.2) is 44.7 Å². The molecule has 17 heavy (non-hydrogen) atoms. The van der Waals surface area contributed by atoms with Gasteiger partial charge in [-0.15, -0.1) is 0 Å². The van der Waals surface area contributed by atoms with Crippen LogP contribution in [0, 0.1) is 0 Å². The van der Waals surface area contributed by atoms with Crippen LogP contribution in [0.15, 0.2) is 18.2 Å². The molecule has 1 saturated heterocycles. The highest BCUT2D eigenvalue weighted by Crippen LogP contribution is 2.26. The number of ether oxygens (including phenoxy) is 1. The Morgan fingerprint density at radius 2 is 1.88 bits per heavy atom. The summed E-state index contributed by atoms with van der Waals surface area (Å²) < 4.78 is 5.25. The van der Waals surface area contributed by atoms with Crippen LogP contribution < -0.4 is 15.4 Å². The summed E-state index contributed by atoms with van der Waals surface area (Å²) in [6.07, 6.45) is 0. The highest BCUT2D eigenvalue weighted by molar-refractivity contribution is 5.60. The van der Waals surface area contributed by atoms with Crippen LogP contribution in [0.3, 0.4) is 0 Å². The molecule has 1 aromatic carbocycles. The molecule has 2 rings (SSSR count). The molecule has 1 aliphatic rings. The van der Waals surface area contributed by atoms with Crippen molar-refractivity contribution < 1.29 is 4.74 Å². The molecule has 1 fully saturated rings. The highest BCUT2D eigenvalue weighted by Gasteiger charge is 2.16. The molecule has 94 valence electrons. The average Bonchev–Trinajstić information content (AvgIpc) is 2.38. The van der Waals surface area contributed by atoms with Crippen LogP contribution in [0.2, 0.25) is 0 Å².